The van der Waals surface area contributed by atoms with Gasteiger partial charge in [0, 0.05) is 11.5 Å². The molecule has 0 saturated carbocycles. The molecule has 0 spiro atoms. The van der Waals surface area contributed by atoms with E-state index in [0.29, 0.717) is 0 Å². The van der Waals surface area contributed by atoms with Gasteiger partial charge < -0.3 is 4.42 Å². The summed E-state index contributed by atoms with van der Waals surface area (Å²) in [6, 6.07) is 9.98. The van der Waals surface area contributed by atoms with Crippen LogP contribution < -0.4 is 0 Å². The van der Waals surface area contributed by atoms with Crippen molar-refractivity contribution in [2.24, 2.45) is 0 Å². The molecule has 4 heteroatoms. The van der Waals surface area contributed by atoms with E-state index in [-0.39, 0.29) is 0 Å². The Kier molecular flexibility index (Phi) is 2.67. The Labute approximate surface area is 113 Å². The minimum atomic E-state index is 0.719. The number of para-hydroxylation sites is 1. The van der Waals surface area contributed by atoms with E-state index < -0.39 is 0 Å². The van der Waals surface area contributed by atoms with E-state index in [1.165, 1.54) is 0 Å². The molecule has 0 fully saturated rings. The van der Waals surface area contributed by atoms with E-state index in [1.54, 1.807) is 0 Å². The van der Waals surface area contributed by atoms with Crippen molar-refractivity contribution in [2.75, 3.05) is 0 Å². The maximum absolute atomic E-state index is 5.88. The molecule has 0 saturated heterocycles. The predicted molar refractivity (Wildman–Crippen MR) is 74.4 cm³/mol. The van der Waals surface area contributed by atoms with Crippen molar-refractivity contribution in [2.45, 2.75) is 13.8 Å². The molecule has 2 aromatic heterocycles. The van der Waals surface area contributed by atoms with E-state index in [2.05, 4.69) is 25.9 Å². The second-order valence-corrected chi connectivity index (χ2v) is 5.04. The monoisotopic (exact) mass is 302 g/mol. The van der Waals surface area contributed by atoms with Crippen LogP contribution in [-0.4, -0.2) is 9.97 Å². The van der Waals surface area contributed by atoms with Crippen molar-refractivity contribution in [3.05, 3.63) is 46.3 Å². The molecule has 3 aromatic rings. The first-order valence-electron chi connectivity index (χ1n) is 5.64. The number of benzene rings is 1. The maximum Gasteiger partial charge on any atom is 0.153 e. The van der Waals surface area contributed by atoms with Gasteiger partial charge in [-0.3, -0.25) is 0 Å². The molecule has 0 radical (unpaired) electrons. The van der Waals surface area contributed by atoms with E-state index in [0.717, 1.165) is 38.4 Å². The number of aryl methyl sites for hydroxylation is 2. The molecule has 1 aromatic carbocycles. The molecule has 0 aliphatic heterocycles. The van der Waals surface area contributed by atoms with Crippen molar-refractivity contribution in [1.29, 1.82) is 0 Å². The van der Waals surface area contributed by atoms with E-state index >= 15 is 0 Å². The third-order valence-corrected chi connectivity index (χ3v) is 3.21. The Morgan fingerprint density at radius 3 is 2.67 bits per heavy atom. The second kappa shape index (κ2) is 4.21. The zero-order chi connectivity index (χ0) is 12.7. The van der Waals surface area contributed by atoms with Crippen LogP contribution in [0.1, 0.15) is 11.4 Å². The van der Waals surface area contributed by atoms with Crippen LogP contribution in [-0.2, 0) is 0 Å². The lowest BCUT2D eigenvalue weighted by Crippen LogP contribution is -1.90. The molecule has 0 bridgehead atoms. The van der Waals surface area contributed by atoms with Crippen LogP contribution >= 0.6 is 15.9 Å². The summed E-state index contributed by atoms with van der Waals surface area (Å²) < 4.78 is 6.65. The molecular weight excluding hydrogens is 292 g/mol. The Morgan fingerprint density at radius 1 is 1.11 bits per heavy atom. The van der Waals surface area contributed by atoms with Crippen molar-refractivity contribution < 1.29 is 4.42 Å². The number of aromatic nitrogens is 2. The minimum Gasteiger partial charge on any atom is -0.454 e. The van der Waals surface area contributed by atoms with Gasteiger partial charge in [0.25, 0.3) is 0 Å². The van der Waals surface area contributed by atoms with Crippen molar-refractivity contribution >= 4 is 26.9 Å². The molecule has 3 rings (SSSR count). The Bertz CT molecular complexity index is 713. The number of hydrogen-bond acceptors (Lipinski definition) is 3. The number of halogens is 1. The third-order valence-electron chi connectivity index (χ3n) is 2.80. The molecular formula is C14H11BrN2O. The topological polar surface area (TPSA) is 38.9 Å². The minimum absolute atomic E-state index is 0.719. The van der Waals surface area contributed by atoms with Gasteiger partial charge in [-0.2, -0.15) is 0 Å². The first kappa shape index (κ1) is 11.4. The average molecular weight is 303 g/mol. The fourth-order valence-electron chi connectivity index (χ4n) is 1.99. The first-order valence-corrected chi connectivity index (χ1v) is 6.43. The highest BCUT2D eigenvalue weighted by atomic mass is 79.9. The quantitative estimate of drug-likeness (QED) is 0.630. The number of hydrogen-bond donors (Lipinski definition) is 0. The lowest BCUT2D eigenvalue weighted by atomic mass is 10.2. The molecule has 0 aliphatic rings. The van der Waals surface area contributed by atoms with Gasteiger partial charge >= 0.3 is 0 Å². The molecule has 2 heterocycles. The van der Waals surface area contributed by atoms with Crippen LogP contribution in [0.15, 0.2) is 39.4 Å². The molecule has 0 amide bonds. The van der Waals surface area contributed by atoms with E-state index in [9.17, 15) is 0 Å². The Balaban J connectivity index is 2.22. The second-order valence-electron chi connectivity index (χ2n) is 4.23. The maximum atomic E-state index is 5.88. The van der Waals surface area contributed by atoms with Gasteiger partial charge in [-0.25, -0.2) is 9.97 Å². The first-order chi connectivity index (χ1) is 8.63. The van der Waals surface area contributed by atoms with Crippen LogP contribution in [0.3, 0.4) is 0 Å². The van der Waals surface area contributed by atoms with Gasteiger partial charge in [0.15, 0.2) is 5.76 Å². The Morgan fingerprint density at radius 2 is 1.94 bits per heavy atom. The summed E-state index contributed by atoms with van der Waals surface area (Å²) in [5, 5.41) is 1.09. The molecule has 0 aliphatic carbocycles. The summed E-state index contributed by atoms with van der Waals surface area (Å²) in [4.78, 5) is 8.59. The zero-order valence-corrected chi connectivity index (χ0v) is 11.7. The number of furan rings is 1. The average Bonchev–Trinajstić information content (AvgIpc) is 2.73. The van der Waals surface area contributed by atoms with Crippen LogP contribution in [0, 0.1) is 13.8 Å². The summed E-state index contributed by atoms with van der Waals surface area (Å²) in [5.74, 6) is 1.49. The summed E-state index contributed by atoms with van der Waals surface area (Å²) >= 11 is 3.38. The number of nitrogens with zero attached hydrogens (tertiary/aromatic N) is 2. The van der Waals surface area contributed by atoms with Crippen molar-refractivity contribution in [1.82, 2.24) is 9.97 Å². The summed E-state index contributed by atoms with van der Waals surface area (Å²) in [6.07, 6.45) is 0. The highest BCUT2D eigenvalue weighted by molar-refractivity contribution is 9.10. The zero-order valence-electron chi connectivity index (χ0n) is 10.1. The number of fused-ring (bicyclic) bond motifs is 1. The fourth-order valence-corrected chi connectivity index (χ4v) is 2.47. The van der Waals surface area contributed by atoms with Gasteiger partial charge in [0.05, 0.1) is 0 Å². The molecule has 18 heavy (non-hydrogen) atoms. The molecule has 0 N–H and O–H groups in total. The Hall–Kier alpha value is -1.68. The molecule has 0 atom stereocenters. The lowest BCUT2D eigenvalue weighted by Gasteiger charge is -1.98. The van der Waals surface area contributed by atoms with Gasteiger partial charge in [0.2, 0.25) is 0 Å². The highest BCUT2D eigenvalue weighted by Crippen LogP contribution is 2.29. The highest BCUT2D eigenvalue weighted by Gasteiger charge is 2.10. The largest absolute Gasteiger partial charge is 0.454 e. The van der Waals surface area contributed by atoms with Gasteiger partial charge in [-0.05, 0) is 41.4 Å². The fraction of sp³-hybridized carbons (Fsp3) is 0.143. The number of rotatable bonds is 1. The summed E-state index contributed by atoms with van der Waals surface area (Å²) in [7, 11) is 0. The molecule has 3 nitrogen and oxygen atoms in total. The molecule has 90 valence electrons. The molecule has 0 unspecified atom stereocenters. The van der Waals surface area contributed by atoms with Crippen LogP contribution in [0.5, 0.6) is 0 Å². The van der Waals surface area contributed by atoms with Crippen LogP contribution in [0.4, 0.5) is 0 Å². The van der Waals surface area contributed by atoms with Gasteiger partial charge in [0.1, 0.15) is 21.7 Å². The van der Waals surface area contributed by atoms with Crippen molar-refractivity contribution in [3.63, 3.8) is 0 Å². The van der Waals surface area contributed by atoms with E-state index in [1.807, 2.05) is 44.2 Å². The summed E-state index contributed by atoms with van der Waals surface area (Å²) in [5.41, 5.74) is 2.84. The van der Waals surface area contributed by atoms with Crippen LogP contribution in [0.2, 0.25) is 0 Å². The van der Waals surface area contributed by atoms with E-state index in [4.69, 9.17) is 4.42 Å². The standard InChI is InChI=1S/C14H11BrN2O/c1-8-4-3-5-10-6-12(18-14(8)10)11-7-13(15)17-9(2)16-11/h3-7H,1-2H3. The summed E-state index contributed by atoms with van der Waals surface area (Å²) in [6.45, 7) is 3.90. The smallest absolute Gasteiger partial charge is 0.153 e. The lowest BCUT2D eigenvalue weighted by molar-refractivity contribution is 0.625. The van der Waals surface area contributed by atoms with Crippen LogP contribution in [0.25, 0.3) is 22.4 Å². The van der Waals surface area contributed by atoms with Gasteiger partial charge in [-0.1, -0.05) is 18.2 Å². The van der Waals surface area contributed by atoms with Gasteiger partial charge in [-0.15, -0.1) is 0 Å². The third kappa shape index (κ3) is 1.93. The predicted octanol–water partition coefficient (Wildman–Crippen LogP) is 4.27. The van der Waals surface area contributed by atoms with Crippen molar-refractivity contribution in [3.8, 4) is 11.5 Å². The normalized spacial score (nSPS) is 11.1. The SMILES string of the molecule is Cc1nc(Br)cc(-c2cc3cccc(C)c3o2)n1.